The highest BCUT2D eigenvalue weighted by atomic mass is 32.2. The van der Waals surface area contributed by atoms with Crippen molar-refractivity contribution in [3.05, 3.63) is 34.1 Å². The lowest BCUT2D eigenvalue weighted by Crippen LogP contribution is -2.32. The number of rotatable bonds is 3. The smallest absolute Gasteiger partial charge is 0.270 e. The second kappa shape index (κ2) is 4.88. The van der Waals surface area contributed by atoms with Crippen LogP contribution in [0.25, 0.3) is 4.96 Å². The highest BCUT2D eigenvalue weighted by Gasteiger charge is 2.26. The largest absolute Gasteiger partial charge is 0.345 e. The number of fused-ring (bicyclic) bond motifs is 2. The average Bonchev–Trinajstić information content (AvgIpc) is 3.15. The molecule has 2 aliphatic rings. The molecule has 4 rings (SSSR count). The van der Waals surface area contributed by atoms with E-state index in [-0.39, 0.29) is 5.91 Å². The van der Waals surface area contributed by atoms with Crippen LogP contribution in [-0.2, 0) is 0 Å². The van der Waals surface area contributed by atoms with E-state index in [1.807, 2.05) is 22.9 Å². The van der Waals surface area contributed by atoms with Gasteiger partial charge in [0.15, 0.2) is 10.1 Å². The summed E-state index contributed by atoms with van der Waals surface area (Å²) in [5.74, 6) is -0.0890. The van der Waals surface area contributed by atoms with Crippen molar-refractivity contribution < 1.29 is 4.79 Å². The van der Waals surface area contributed by atoms with Crippen LogP contribution in [0.1, 0.15) is 16.2 Å². The number of aryl methyl sites for hydroxylation is 1. The van der Waals surface area contributed by atoms with Crippen LogP contribution in [0, 0.1) is 6.92 Å². The molecule has 0 bridgehead atoms. The molecule has 8 heteroatoms. The van der Waals surface area contributed by atoms with Gasteiger partial charge >= 0.3 is 0 Å². The summed E-state index contributed by atoms with van der Waals surface area (Å²) < 4.78 is 1.84. The second-order valence-corrected chi connectivity index (χ2v) is 6.54. The first-order valence-electron chi connectivity index (χ1n) is 6.62. The molecule has 1 N–H and O–H groups in total. The van der Waals surface area contributed by atoms with E-state index >= 15 is 0 Å². The highest BCUT2D eigenvalue weighted by Crippen LogP contribution is 2.28. The number of amidine groups is 1. The average molecular weight is 319 g/mol. The minimum atomic E-state index is -0.0890. The first kappa shape index (κ1) is 12.9. The SMILES string of the molecule is Cc1nc2sccn2c1C(=O)NCC1=CSC2=NCCN12. The fraction of sp³-hybridized carbons (Fsp3) is 0.308. The normalized spacial score (nSPS) is 17.1. The van der Waals surface area contributed by atoms with Crippen LogP contribution in [0.4, 0.5) is 0 Å². The summed E-state index contributed by atoms with van der Waals surface area (Å²) in [6, 6.07) is 0. The lowest BCUT2D eigenvalue weighted by Gasteiger charge is -2.16. The van der Waals surface area contributed by atoms with Crippen LogP contribution in [0.3, 0.4) is 0 Å². The van der Waals surface area contributed by atoms with Crippen LogP contribution in [-0.4, -0.2) is 45.0 Å². The molecule has 0 radical (unpaired) electrons. The third kappa shape index (κ3) is 2.06. The van der Waals surface area contributed by atoms with E-state index in [9.17, 15) is 4.79 Å². The van der Waals surface area contributed by atoms with Crippen molar-refractivity contribution in [2.24, 2.45) is 4.99 Å². The molecular formula is C13H13N5OS2. The molecule has 2 aromatic heterocycles. The van der Waals surface area contributed by atoms with E-state index in [2.05, 4.69) is 25.6 Å². The van der Waals surface area contributed by atoms with E-state index in [1.54, 1.807) is 11.8 Å². The first-order valence-corrected chi connectivity index (χ1v) is 8.38. The van der Waals surface area contributed by atoms with Gasteiger partial charge in [-0.05, 0) is 6.92 Å². The lowest BCUT2D eigenvalue weighted by atomic mass is 10.3. The summed E-state index contributed by atoms with van der Waals surface area (Å²) in [5.41, 5.74) is 2.48. The Labute approximate surface area is 129 Å². The highest BCUT2D eigenvalue weighted by molar-refractivity contribution is 8.16. The van der Waals surface area contributed by atoms with Gasteiger partial charge in [0.25, 0.3) is 5.91 Å². The Morgan fingerprint density at radius 3 is 3.33 bits per heavy atom. The van der Waals surface area contributed by atoms with Crippen LogP contribution in [0.5, 0.6) is 0 Å². The number of thioether (sulfide) groups is 1. The maximum atomic E-state index is 12.4. The minimum absolute atomic E-state index is 0.0890. The zero-order chi connectivity index (χ0) is 14.4. The summed E-state index contributed by atoms with van der Waals surface area (Å²) in [7, 11) is 0. The minimum Gasteiger partial charge on any atom is -0.345 e. The Bertz CT molecular complexity index is 788. The van der Waals surface area contributed by atoms with Crippen molar-refractivity contribution in [2.45, 2.75) is 6.92 Å². The summed E-state index contributed by atoms with van der Waals surface area (Å²) in [6.45, 7) is 4.13. The molecule has 0 fully saturated rings. The molecule has 0 unspecified atom stereocenters. The number of carbonyl (C=O) groups is 1. The Morgan fingerprint density at radius 2 is 2.43 bits per heavy atom. The van der Waals surface area contributed by atoms with Gasteiger partial charge in [-0.25, -0.2) is 4.98 Å². The Balaban J connectivity index is 1.50. The zero-order valence-corrected chi connectivity index (χ0v) is 13.0. The fourth-order valence-corrected chi connectivity index (χ4v) is 4.25. The fourth-order valence-electron chi connectivity index (χ4n) is 2.54. The molecule has 0 aromatic carbocycles. The van der Waals surface area contributed by atoms with Gasteiger partial charge in [-0.2, -0.15) is 0 Å². The molecule has 1 amide bonds. The Kier molecular flexibility index (Phi) is 3.00. The maximum absolute atomic E-state index is 12.4. The molecule has 0 saturated heterocycles. The standard InChI is InChI=1S/C13H13N5OS2/c1-8-10(18-4-5-20-13(18)16-8)11(19)15-6-9-7-21-12-14-2-3-17(9)12/h4-5,7H,2-3,6H2,1H3,(H,15,19). The van der Waals surface area contributed by atoms with Gasteiger partial charge in [-0.3, -0.25) is 14.2 Å². The van der Waals surface area contributed by atoms with E-state index in [0.29, 0.717) is 12.2 Å². The van der Waals surface area contributed by atoms with E-state index in [1.165, 1.54) is 11.3 Å². The van der Waals surface area contributed by atoms with Gasteiger partial charge in [-0.1, -0.05) is 11.8 Å². The topological polar surface area (TPSA) is 62.0 Å². The van der Waals surface area contributed by atoms with E-state index in [4.69, 9.17) is 0 Å². The second-order valence-electron chi connectivity index (χ2n) is 4.83. The molecule has 0 atom stereocenters. The Hall–Kier alpha value is -1.80. The lowest BCUT2D eigenvalue weighted by molar-refractivity contribution is 0.0949. The number of nitrogens with one attached hydrogen (secondary N) is 1. The first-order chi connectivity index (χ1) is 10.2. The van der Waals surface area contributed by atoms with Crippen molar-refractivity contribution >= 4 is 39.1 Å². The molecule has 2 aliphatic heterocycles. The third-order valence-corrected chi connectivity index (χ3v) is 5.24. The quantitative estimate of drug-likeness (QED) is 0.935. The van der Waals surface area contributed by atoms with Gasteiger partial charge < -0.3 is 10.2 Å². The van der Waals surface area contributed by atoms with Gasteiger partial charge in [0.05, 0.1) is 18.8 Å². The summed E-state index contributed by atoms with van der Waals surface area (Å²) in [6.07, 6.45) is 1.88. The molecule has 108 valence electrons. The number of thiazole rings is 1. The molecule has 4 heterocycles. The van der Waals surface area contributed by atoms with E-state index in [0.717, 1.165) is 34.6 Å². The molecular weight excluding hydrogens is 306 g/mol. The molecule has 0 saturated carbocycles. The van der Waals surface area contributed by atoms with Gasteiger partial charge in [0.1, 0.15) is 5.69 Å². The number of imidazole rings is 1. The monoisotopic (exact) mass is 319 g/mol. The number of hydrogen-bond donors (Lipinski definition) is 1. The van der Waals surface area contributed by atoms with Crippen molar-refractivity contribution in [1.82, 2.24) is 19.6 Å². The number of aromatic nitrogens is 2. The number of aliphatic imine (C=N–C) groups is 1. The van der Waals surface area contributed by atoms with Crippen molar-refractivity contribution in [2.75, 3.05) is 19.6 Å². The predicted molar refractivity (Wildman–Crippen MR) is 84.8 cm³/mol. The summed E-state index contributed by atoms with van der Waals surface area (Å²) in [4.78, 5) is 24.2. The predicted octanol–water partition coefficient (Wildman–Crippen LogP) is 1.69. The number of hydrogen-bond acceptors (Lipinski definition) is 6. The van der Waals surface area contributed by atoms with Crippen LogP contribution in [0.15, 0.2) is 27.7 Å². The van der Waals surface area contributed by atoms with Crippen LogP contribution < -0.4 is 5.32 Å². The van der Waals surface area contributed by atoms with Crippen molar-refractivity contribution in [3.63, 3.8) is 0 Å². The van der Waals surface area contributed by atoms with Crippen molar-refractivity contribution in [3.8, 4) is 0 Å². The van der Waals surface area contributed by atoms with Gasteiger partial charge in [0, 0.05) is 29.2 Å². The van der Waals surface area contributed by atoms with Crippen molar-refractivity contribution in [1.29, 1.82) is 0 Å². The third-order valence-electron chi connectivity index (χ3n) is 3.53. The Morgan fingerprint density at radius 1 is 1.52 bits per heavy atom. The molecule has 21 heavy (non-hydrogen) atoms. The summed E-state index contributed by atoms with van der Waals surface area (Å²) >= 11 is 3.15. The molecule has 6 nitrogen and oxygen atoms in total. The number of nitrogens with zero attached hydrogens (tertiary/aromatic N) is 4. The van der Waals surface area contributed by atoms with Gasteiger partial charge in [-0.15, -0.1) is 11.3 Å². The van der Waals surface area contributed by atoms with Crippen LogP contribution in [0.2, 0.25) is 0 Å². The van der Waals surface area contributed by atoms with Gasteiger partial charge in [0.2, 0.25) is 0 Å². The molecule has 0 spiro atoms. The zero-order valence-electron chi connectivity index (χ0n) is 11.4. The number of carbonyl (C=O) groups excluding carboxylic acids is 1. The number of amides is 1. The summed E-state index contributed by atoms with van der Waals surface area (Å²) in [5, 5.41) is 8.02. The van der Waals surface area contributed by atoms with E-state index < -0.39 is 0 Å². The molecule has 2 aromatic rings. The maximum Gasteiger partial charge on any atom is 0.270 e. The molecule has 0 aliphatic carbocycles. The van der Waals surface area contributed by atoms with Crippen LogP contribution >= 0.6 is 23.1 Å².